The molecule has 0 radical (unpaired) electrons. The van der Waals surface area contributed by atoms with Crippen LogP contribution in [0.25, 0.3) is 0 Å². The molecule has 4 aliphatic rings. The van der Waals surface area contributed by atoms with Gasteiger partial charge in [-0.1, -0.05) is 48.6 Å². The summed E-state index contributed by atoms with van der Waals surface area (Å²) in [6.07, 6.45) is 17.8. The summed E-state index contributed by atoms with van der Waals surface area (Å²) in [7, 11) is 0. The normalized spacial score (nSPS) is 49.7. The van der Waals surface area contributed by atoms with E-state index in [1.165, 1.54) is 5.71 Å². The summed E-state index contributed by atoms with van der Waals surface area (Å²) >= 11 is 0. The quantitative estimate of drug-likeness (QED) is 0.543. The van der Waals surface area contributed by atoms with Gasteiger partial charge in [-0.25, -0.2) is 0 Å². The molecule has 0 amide bonds. The first-order chi connectivity index (χ1) is 6.93. The fourth-order valence-electron chi connectivity index (χ4n) is 3.20. The van der Waals surface area contributed by atoms with Gasteiger partial charge in [-0.05, 0) is 0 Å². The van der Waals surface area contributed by atoms with E-state index in [1.807, 2.05) is 0 Å². The van der Waals surface area contributed by atoms with Gasteiger partial charge in [0.25, 0.3) is 0 Å². The zero-order chi connectivity index (χ0) is 9.17. The third-order valence-electron chi connectivity index (χ3n) is 3.90. The first-order valence-corrected chi connectivity index (χ1v) is 5.22. The van der Waals surface area contributed by atoms with Crippen molar-refractivity contribution in [2.75, 3.05) is 0 Å². The van der Waals surface area contributed by atoms with Crippen LogP contribution in [0.1, 0.15) is 0 Å². The predicted molar refractivity (Wildman–Crippen MR) is 57.2 cm³/mol. The molecule has 1 saturated carbocycles. The highest BCUT2D eigenvalue weighted by atomic mass is 15.0. The van der Waals surface area contributed by atoms with Gasteiger partial charge in [0.1, 0.15) is 0 Å². The minimum absolute atomic E-state index is 0.292. The Bertz CT molecular complexity index is 444. The highest BCUT2D eigenvalue weighted by molar-refractivity contribution is 6.14. The van der Waals surface area contributed by atoms with E-state index >= 15 is 0 Å². The Labute approximate surface area is 83.2 Å². The number of allylic oxidation sites excluding steroid dienone is 6. The molecule has 4 atom stereocenters. The van der Waals surface area contributed by atoms with Gasteiger partial charge in [0.05, 0.1) is 6.04 Å². The Morgan fingerprint density at radius 2 is 1.86 bits per heavy atom. The van der Waals surface area contributed by atoms with Gasteiger partial charge in [-0.3, -0.25) is 4.99 Å². The number of hydrogen-bond donors (Lipinski definition) is 0. The van der Waals surface area contributed by atoms with Gasteiger partial charge in [0.2, 0.25) is 0 Å². The van der Waals surface area contributed by atoms with Crippen molar-refractivity contribution in [1.82, 2.24) is 0 Å². The molecule has 4 rings (SSSR count). The maximum absolute atomic E-state index is 4.80. The molecule has 0 aromatic carbocycles. The lowest BCUT2D eigenvalue weighted by Crippen LogP contribution is -2.24. The van der Waals surface area contributed by atoms with Gasteiger partial charge >= 0.3 is 0 Å². The molecule has 4 unspecified atom stereocenters. The molecule has 14 heavy (non-hydrogen) atoms. The largest absolute Gasteiger partial charge is 0.284 e. The Hall–Kier alpha value is -1.37. The van der Waals surface area contributed by atoms with Gasteiger partial charge in [0.15, 0.2) is 0 Å². The van der Waals surface area contributed by atoms with Gasteiger partial charge < -0.3 is 0 Å². The van der Waals surface area contributed by atoms with E-state index in [2.05, 4.69) is 48.6 Å². The van der Waals surface area contributed by atoms with Crippen molar-refractivity contribution in [2.45, 2.75) is 6.04 Å². The van der Waals surface area contributed by atoms with E-state index < -0.39 is 0 Å². The Morgan fingerprint density at radius 3 is 2.86 bits per heavy atom. The molecule has 1 fully saturated rings. The number of nitrogens with zero attached hydrogens (tertiary/aromatic N) is 1. The first-order valence-electron chi connectivity index (χ1n) is 5.22. The predicted octanol–water partition coefficient (Wildman–Crippen LogP) is 2.29. The molecule has 68 valence electrons. The van der Waals surface area contributed by atoms with Gasteiger partial charge in [-0.15, -0.1) is 0 Å². The van der Waals surface area contributed by atoms with E-state index in [0.717, 1.165) is 0 Å². The highest BCUT2D eigenvalue weighted by Gasteiger charge is 2.67. The van der Waals surface area contributed by atoms with Crippen molar-refractivity contribution in [1.29, 1.82) is 0 Å². The zero-order valence-corrected chi connectivity index (χ0v) is 7.80. The molecular formula is C13H11N. The first kappa shape index (κ1) is 6.99. The number of aliphatic imine (C=N–C) groups is 1. The van der Waals surface area contributed by atoms with E-state index in [1.54, 1.807) is 0 Å². The smallest absolute Gasteiger partial charge is 0.0758 e. The number of fused-ring (bicyclic) bond motifs is 2. The zero-order valence-electron chi connectivity index (χ0n) is 7.80. The summed E-state index contributed by atoms with van der Waals surface area (Å²) in [4.78, 5) is 4.80. The topological polar surface area (TPSA) is 12.4 Å². The molecule has 1 heterocycles. The maximum atomic E-state index is 4.80. The van der Waals surface area contributed by atoms with Crippen molar-refractivity contribution in [3.05, 3.63) is 48.6 Å². The molecule has 1 aliphatic heterocycles. The van der Waals surface area contributed by atoms with Crippen molar-refractivity contribution < 1.29 is 0 Å². The van der Waals surface area contributed by atoms with Crippen molar-refractivity contribution in [3.8, 4) is 0 Å². The summed E-state index contributed by atoms with van der Waals surface area (Å²) < 4.78 is 0. The van der Waals surface area contributed by atoms with Crippen LogP contribution in [0, 0.1) is 17.3 Å². The van der Waals surface area contributed by atoms with E-state index in [-0.39, 0.29) is 0 Å². The van der Waals surface area contributed by atoms with Crippen molar-refractivity contribution >= 4 is 5.71 Å². The summed E-state index contributed by atoms with van der Waals surface area (Å²) in [5.41, 5.74) is 1.70. The third-order valence-corrected chi connectivity index (χ3v) is 3.90. The van der Waals surface area contributed by atoms with Gasteiger partial charge in [0, 0.05) is 23.0 Å². The second-order valence-electron chi connectivity index (χ2n) is 4.46. The molecular weight excluding hydrogens is 170 g/mol. The molecule has 3 aliphatic carbocycles. The SMILES string of the molecule is C1=CC2N=C3C4C=CC=CC34C2C=C1. The fourth-order valence-corrected chi connectivity index (χ4v) is 3.20. The van der Waals surface area contributed by atoms with Crippen LogP contribution in [-0.2, 0) is 0 Å². The second-order valence-corrected chi connectivity index (χ2v) is 4.46. The average molecular weight is 181 g/mol. The highest BCUT2D eigenvalue weighted by Crippen LogP contribution is 2.64. The summed E-state index contributed by atoms with van der Waals surface area (Å²) in [5, 5.41) is 0. The van der Waals surface area contributed by atoms with Crippen LogP contribution < -0.4 is 0 Å². The van der Waals surface area contributed by atoms with Crippen molar-refractivity contribution in [2.24, 2.45) is 22.2 Å². The maximum Gasteiger partial charge on any atom is 0.0758 e. The van der Waals surface area contributed by atoms with Crippen LogP contribution in [-0.4, -0.2) is 11.8 Å². The van der Waals surface area contributed by atoms with Crippen molar-refractivity contribution in [3.63, 3.8) is 0 Å². The molecule has 0 N–H and O–H groups in total. The van der Waals surface area contributed by atoms with Gasteiger partial charge in [-0.2, -0.15) is 0 Å². The molecule has 0 aromatic heterocycles. The Kier molecular flexibility index (Phi) is 0.999. The lowest BCUT2D eigenvalue weighted by molar-refractivity contribution is 0.432. The lowest BCUT2D eigenvalue weighted by atomic mass is 9.79. The van der Waals surface area contributed by atoms with Crippen LogP contribution in [0.4, 0.5) is 0 Å². The van der Waals surface area contributed by atoms with Crippen LogP contribution in [0.15, 0.2) is 53.6 Å². The Balaban J connectivity index is 1.89. The molecule has 1 nitrogen and oxygen atoms in total. The van der Waals surface area contributed by atoms with Crippen LogP contribution in [0.2, 0.25) is 0 Å². The van der Waals surface area contributed by atoms with E-state index in [4.69, 9.17) is 4.99 Å². The number of rotatable bonds is 0. The molecule has 0 saturated heterocycles. The van der Waals surface area contributed by atoms with Crippen LogP contribution >= 0.6 is 0 Å². The average Bonchev–Trinajstić information content (AvgIpc) is 2.79. The minimum atomic E-state index is 0.292. The molecule has 1 spiro atoms. The second kappa shape index (κ2) is 2.00. The molecule has 1 heteroatoms. The van der Waals surface area contributed by atoms with Crippen LogP contribution in [0.3, 0.4) is 0 Å². The Morgan fingerprint density at radius 1 is 1.00 bits per heavy atom. The summed E-state index contributed by atoms with van der Waals surface area (Å²) in [6.45, 7) is 0. The lowest BCUT2D eigenvalue weighted by Gasteiger charge is -2.24. The molecule has 0 aromatic rings. The summed E-state index contributed by atoms with van der Waals surface area (Å²) in [6, 6.07) is 0.419. The number of hydrogen-bond acceptors (Lipinski definition) is 1. The fraction of sp³-hybridized carbons (Fsp3) is 0.308. The minimum Gasteiger partial charge on any atom is -0.284 e. The molecule has 0 bridgehead atoms. The van der Waals surface area contributed by atoms with E-state index in [9.17, 15) is 0 Å². The summed E-state index contributed by atoms with van der Waals surface area (Å²) in [5.74, 6) is 1.21. The monoisotopic (exact) mass is 181 g/mol. The van der Waals surface area contributed by atoms with E-state index in [0.29, 0.717) is 23.3 Å². The van der Waals surface area contributed by atoms with Crippen LogP contribution in [0.5, 0.6) is 0 Å². The third kappa shape index (κ3) is 0.569. The standard InChI is InChI=1S/C13H11N/c1-2-7-11-9(5-1)13-8-4-3-6-10(13)12(13)14-11/h1-11H.